The highest BCUT2D eigenvalue weighted by Crippen LogP contribution is 2.22. The van der Waals surface area contributed by atoms with Crippen molar-refractivity contribution >= 4 is 5.91 Å². The highest BCUT2D eigenvalue weighted by atomic mass is 16.2. The molecule has 0 aliphatic rings. The van der Waals surface area contributed by atoms with Gasteiger partial charge in [-0.25, -0.2) is 0 Å². The summed E-state index contributed by atoms with van der Waals surface area (Å²) in [6.07, 6.45) is 2.48. The number of hydrogen-bond acceptors (Lipinski definition) is 2. The van der Waals surface area contributed by atoms with Crippen LogP contribution in [0.3, 0.4) is 0 Å². The predicted octanol–water partition coefficient (Wildman–Crippen LogP) is 3.42. The van der Waals surface area contributed by atoms with Gasteiger partial charge in [-0.3, -0.25) is 4.79 Å². The highest BCUT2D eigenvalue weighted by Gasteiger charge is 2.28. The maximum Gasteiger partial charge on any atom is 0.224 e. The Morgan fingerprint density at radius 3 is 1.95 bits per heavy atom. The molecule has 0 aromatic heterocycles. The van der Waals surface area contributed by atoms with Gasteiger partial charge in [-0.05, 0) is 24.2 Å². The SMILES string of the molecule is CCC(CC)N(CC(C)C)C(=O)CC(N)C(C)(C)C. The summed E-state index contributed by atoms with van der Waals surface area (Å²) in [5, 5.41) is 0. The van der Waals surface area contributed by atoms with Crippen molar-refractivity contribution in [3.8, 4) is 0 Å². The smallest absolute Gasteiger partial charge is 0.224 e. The Labute approximate surface area is 119 Å². The summed E-state index contributed by atoms with van der Waals surface area (Å²) in [7, 11) is 0. The average molecular weight is 270 g/mol. The van der Waals surface area contributed by atoms with Crippen LogP contribution in [0.15, 0.2) is 0 Å². The van der Waals surface area contributed by atoms with Gasteiger partial charge in [-0.2, -0.15) is 0 Å². The summed E-state index contributed by atoms with van der Waals surface area (Å²) in [6.45, 7) is 15.7. The first-order chi connectivity index (χ1) is 8.63. The first-order valence-electron chi connectivity index (χ1n) is 7.68. The van der Waals surface area contributed by atoms with Gasteiger partial charge in [0.1, 0.15) is 0 Å². The van der Waals surface area contributed by atoms with Gasteiger partial charge in [0.25, 0.3) is 0 Å². The van der Waals surface area contributed by atoms with Gasteiger partial charge in [0, 0.05) is 25.0 Å². The molecule has 1 unspecified atom stereocenters. The molecule has 3 heteroatoms. The van der Waals surface area contributed by atoms with Crippen LogP contribution < -0.4 is 5.73 Å². The summed E-state index contributed by atoms with van der Waals surface area (Å²) in [6, 6.07) is 0.270. The molecule has 0 bridgehead atoms. The van der Waals surface area contributed by atoms with Crippen molar-refractivity contribution in [3.05, 3.63) is 0 Å². The molecule has 0 heterocycles. The number of rotatable bonds is 7. The Balaban J connectivity index is 4.81. The lowest BCUT2D eigenvalue weighted by Gasteiger charge is -2.35. The fourth-order valence-corrected chi connectivity index (χ4v) is 2.19. The van der Waals surface area contributed by atoms with E-state index in [2.05, 4.69) is 53.4 Å². The van der Waals surface area contributed by atoms with Crippen molar-refractivity contribution in [2.24, 2.45) is 17.1 Å². The number of nitrogens with zero attached hydrogens (tertiary/aromatic N) is 1. The molecule has 0 aromatic carbocycles. The van der Waals surface area contributed by atoms with Crippen LogP contribution in [0.4, 0.5) is 0 Å². The highest BCUT2D eigenvalue weighted by molar-refractivity contribution is 5.77. The zero-order valence-corrected chi connectivity index (χ0v) is 14.0. The lowest BCUT2D eigenvalue weighted by atomic mass is 9.85. The summed E-state index contributed by atoms with van der Waals surface area (Å²) in [5.74, 6) is 0.709. The van der Waals surface area contributed by atoms with Crippen LogP contribution in [0, 0.1) is 11.3 Å². The van der Waals surface area contributed by atoms with Gasteiger partial charge in [-0.15, -0.1) is 0 Å². The molecule has 1 atom stereocenters. The van der Waals surface area contributed by atoms with E-state index in [-0.39, 0.29) is 17.4 Å². The average Bonchev–Trinajstić information content (AvgIpc) is 2.27. The molecule has 3 nitrogen and oxygen atoms in total. The molecule has 2 N–H and O–H groups in total. The number of hydrogen-bond donors (Lipinski definition) is 1. The molecular formula is C16H34N2O. The van der Waals surface area contributed by atoms with Crippen molar-refractivity contribution in [2.45, 2.75) is 79.8 Å². The van der Waals surface area contributed by atoms with E-state index in [9.17, 15) is 4.79 Å². The molecule has 0 rings (SSSR count). The van der Waals surface area contributed by atoms with Gasteiger partial charge < -0.3 is 10.6 Å². The van der Waals surface area contributed by atoms with Gasteiger partial charge >= 0.3 is 0 Å². The van der Waals surface area contributed by atoms with Crippen LogP contribution >= 0.6 is 0 Å². The van der Waals surface area contributed by atoms with Crippen LogP contribution in [0.5, 0.6) is 0 Å². The maximum absolute atomic E-state index is 12.5. The summed E-state index contributed by atoms with van der Waals surface area (Å²) < 4.78 is 0. The second-order valence-electron chi connectivity index (χ2n) is 7.09. The Morgan fingerprint density at radius 2 is 1.63 bits per heavy atom. The molecule has 0 spiro atoms. The maximum atomic E-state index is 12.5. The van der Waals surface area contributed by atoms with Crippen LogP contribution in [0.1, 0.15) is 67.7 Å². The molecule has 0 fully saturated rings. The lowest BCUT2D eigenvalue weighted by molar-refractivity contribution is -0.135. The molecule has 1 amide bonds. The van der Waals surface area contributed by atoms with Crippen molar-refractivity contribution in [1.29, 1.82) is 0 Å². The van der Waals surface area contributed by atoms with E-state index in [0.717, 1.165) is 19.4 Å². The van der Waals surface area contributed by atoms with Crippen molar-refractivity contribution in [3.63, 3.8) is 0 Å². The fraction of sp³-hybridized carbons (Fsp3) is 0.938. The zero-order valence-electron chi connectivity index (χ0n) is 14.0. The molecule has 0 radical (unpaired) electrons. The Bertz CT molecular complexity index is 264. The minimum Gasteiger partial charge on any atom is -0.339 e. The zero-order chi connectivity index (χ0) is 15.2. The van der Waals surface area contributed by atoms with Gasteiger partial charge in [0.2, 0.25) is 5.91 Å². The molecule has 114 valence electrons. The van der Waals surface area contributed by atoms with Gasteiger partial charge in [0.05, 0.1) is 0 Å². The minimum absolute atomic E-state index is 0.0207. The van der Waals surface area contributed by atoms with Crippen LogP contribution in [0.2, 0.25) is 0 Å². The third-order valence-electron chi connectivity index (χ3n) is 3.77. The van der Waals surface area contributed by atoms with Crippen molar-refractivity contribution < 1.29 is 4.79 Å². The Morgan fingerprint density at radius 1 is 1.16 bits per heavy atom. The summed E-state index contributed by atoms with van der Waals surface area (Å²) >= 11 is 0. The number of amides is 1. The second kappa shape index (κ2) is 7.88. The Hall–Kier alpha value is -0.570. The monoisotopic (exact) mass is 270 g/mol. The number of carbonyl (C=O) groups excluding carboxylic acids is 1. The number of carbonyl (C=O) groups is 1. The summed E-state index contributed by atoms with van der Waals surface area (Å²) in [4.78, 5) is 14.6. The Kier molecular flexibility index (Phi) is 7.65. The fourth-order valence-electron chi connectivity index (χ4n) is 2.19. The lowest BCUT2D eigenvalue weighted by Crippen LogP contribution is -2.46. The van der Waals surface area contributed by atoms with E-state index in [1.54, 1.807) is 0 Å². The first kappa shape index (κ1) is 18.4. The topological polar surface area (TPSA) is 46.3 Å². The van der Waals surface area contributed by atoms with E-state index in [4.69, 9.17) is 5.73 Å². The molecule has 0 aliphatic carbocycles. The first-order valence-corrected chi connectivity index (χ1v) is 7.68. The largest absolute Gasteiger partial charge is 0.339 e. The van der Waals surface area contributed by atoms with Crippen LogP contribution in [-0.4, -0.2) is 29.4 Å². The standard InChI is InChI=1S/C16H34N2O/c1-8-13(9-2)18(11-12(3)4)15(19)10-14(17)16(5,6)7/h12-14H,8-11,17H2,1-7H3. The quantitative estimate of drug-likeness (QED) is 0.770. The molecule has 0 saturated heterocycles. The van der Waals surface area contributed by atoms with Crippen LogP contribution in [0.25, 0.3) is 0 Å². The molecule has 0 saturated carbocycles. The van der Waals surface area contributed by atoms with E-state index < -0.39 is 0 Å². The number of nitrogens with two attached hydrogens (primary N) is 1. The molecular weight excluding hydrogens is 236 g/mol. The van der Waals surface area contributed by atoms with Crippen LogP contribution in [-0.2, 0) is 4.79 Å². The van der Waals surface area contributed by atoms with Crippen molar-refractivity contribution in [2.75, 3.05) is 6.54 Å². The normalized spacial score (nSPS) is 14.0. The molecule has 0 aromatic rings. The summed E-state index contributed by atoms with van der Waals surface area (Å²) in [5.41, 5.74) is 6.14. The van der Waals surface area contributed by atoms with Gasteiger partial charge in [-0.1, -0.05) is 48.5 Å². The predicted molar refractivity (Wildman–Crippen MR) is 83.0 cm³/mol. The molecule has 0 aliphatic heterocycles. The van der Waals surface area contributed by atoms with Gasteiger partial charge in [0.15, 0.2) is 0 Å². The minimum atomic E-state index is -0.0796. The van der Waals surface area contributed by atoms with E-state index in [1.165, 1.54) is 0 Å². The third kappa shape index (κ3) is 6.42. The van der Waals surface area contributed by atoms with E-state index in [0.29, 0.717) is 18.4 Å². The second-order valence-corrected chi connectivity index (χ2v) is 7.09. The van der Waals surface area contributed by atoms with Crippen molar-refractivity contribution in [1.82, 2.24) is 4.90 Å². The van der Waals surface area contributed by atoms with E-state index in [1.807, 2.05) is 0 Å². The molecule has 19 heavy (non-hydrogen) atoms. The third-order valence-corrected chi connectivity index (χ3v) is 3.77. The van der Waals surface area contributed by atoms with E-state index >= 15 is 0 Å².